The van der Waals surface area contributed by atoms with Gasteiger partial charge < -0.3 is 14.0 Å². The summed E-state index contributed by atoms with van der Waals surface area (Å²) in [4.78, 5) is 0. The fraction of sp³-hybridized carbons (Fsp3) is 0.647. The van der Waals surface area contributed by atoms with Crippen molar-refractivity contribution in [1.82, 2.24) is 0 Å². The van der Waals surface area contributed by atoms with Crippen molar-refractivity contribution in [3.8, 4) is 5.75 Å². The Hall–Kier alpha value is -1.09. The van der Waals surface area contributed by atoms with Crippen molar-refractivity contribution in [3.05, 3.63) is 23.3 Å². The lowest BCUT2D eigenvalue weighted by Gasteiger charge is -2.32. The van der Waals surface area contributed by atoms with Crippen LogP contribution in [0.4, 0.5) is 0 Å². The first-order valence-electron chi connectivity index (χ1n) is 8.37. The molecule has 0 saturated carbocycles. The van der Waals surface area contributed by atoms with E-state index in [1.54, 1.807) is 0 Å². The van der Waals surface area contributed by atoms with Gasteiger partial charge in [-0.1, -0.05) is 12.1 Å². The maximum atomic E-state index is 10.7. The monoisotopic (exact) mass is 370 g/mol. The number of hydrogen-bond donors (Lipinski definition) is 1. The maximum Gasteiger partial charge on any atom is 0.494 e. The fourth-order valence-corrected chi connectivity index (χ4v) is 3.22. The zero-order chi connectivity index (χ0) is 19.0. The van der Waals surface area contributed by atoms with Crippen LogP contribution < -0.4 is 10.2 Å². The van der Waals surface area contributed by atoms with E-state index in [0.717, 1.165) is 22.3 Å². The van der Waals surface area contributed by atoms with E-state index in [1.807, 2.05) is 53.7 Å². The van der Waals surface area contributed by atoms with Gasteiger partial charge in [0.2, 0.25) is 0 Å². The molecule has 0 spiro atoms. The molecule has 6 nitrogen and oxygen atoms in total. The average Bonchev–Trinajstić information content (AvgIpc) is 2.64. The highest BCUT2D eigenvalue weighted by Gasteiger charge is 2.51. The first-order valence-corrected chi connectivity index (χ1v) is 9.98. The van der Waals surface area contributed by atoms with Gasteiger partial charge in [-0.2, -0.15) is 8.42 Å². The highest BCUT2D eigenvalue weighted by molar-refractivity contribution is 7.85. The second kappa shape index (κ2) is 6.91. The molecule has 25 heavy (non-hydrogen) atoms. The van der Waals surface area contributed by atoms with E-state index in [1.165, 1.54) is 0 Å². The van der Waals surface area contributed by atoms with Gasteiger partial charge in [-0.3, -0.25) is 4.55 Å². The highest BCUT2D eigenvalue weighted by Crippen LogP contribution is 2.37. The van der Waals surface area contributed by atoms with E-state index in [9.17, 15) is 8.42 Å². The summed E-state index contributed by atoms with van der Waals surface area (Å²) in [5, 5.41) is 0. The Bertz CT molecular complexity index is 703. The summed E-state index contributed by atoms with van der Waals surface area (Å²) in [6.07, 6.45) is 0.233. The molecule has 2 rings (SSSR count). The average molecular weight is 370 g/mol. The van der Waals surface area contributed by atoms with Gasteiger partial charge in [0.05, 0.1) is 23.6 Å². The molecule has 1 saturated heterocycles. The van der Waals surface area contributed by atoms with E-state index in [4.69, 9.17) is 18.6 Å². The van der Waals surface area contributed by atoms with Gasteiger partial charge in [0, 0.05) is 0 Å². The fourth-order valence-electron chi connectivity index (χ4n) is 2.74. The number of benzene rings is 1. The van der Waals surface area contributed by atoms with Crippen LogP contribution in [-0.4, -0.2) is 43.7 Å². The third-order valence-electron chi connectivity index (χ3n) is 4.80. The summed E-state index contributed by atoms with van der Waals surface area (Å²) in [5.74, 6) is 0.410. The Morgan fingerprint density at radius 1 is 1.08 bits per heavy atom. The quantitative estimate of drug-likeness (QED) is 0.470. The van der Waals surface area contributed by atoms with Crippen molar-refractivity contribution in [3.63, 3.8) is 0 Å². The largest absolute Gasteiger partial charge is 0.494 e. The molecule has 0 amide bonds. The van der Waals surface area contributed by atoms with Crippen LogP contribution in [0.1, 0.15) is 45.2 Å². The molecule has 1 aromatic rings. The summed E-state index contributed by atoms with van der Waals surface area (Å²) >= 11 is 0. The van der Waals surface area contributed by atoms with Crippen LogP contribution >= 0.6 is 0 Å². The molecular formula is C17H27BO6S. The van der Waals surface area contributed by atoms with Crippen molar-refractivity contribution in [2.45, 2.75) is 59.2 Å². The van der Waals surface area contributed by atoms with Crippen molar-refractivity contribution in [2.24, 2.45) is 0 Å². The topological polar surface area (TPSA) is 82.1 Å². The Balaban J connectivity index is 2.10. The number of ether oxygens (including phenoxy) is 1. The third kappa shape index (κ3) is 4.75. The third-order valence-corrected chi connectivity index (χ3v) is 5.61. The number of rotatable bonds is 6. The van der Waals surface area contributed by atoms with E-state index >= 15 is 0 Å². The van der Waals surface area contributed by atoms with Crippen molar-refractivity contribution >= 4 is 22.7 Å². The summed E-state index contributed by atoms with van der Waals surface area (Å²) in [7, 11) is -4.39. The molecule has 0 atom stereocenters. The van der Waals surface area contributed by atoms with Gasteiger partial charge in [-0.05, 0) is 64.6 Å². The summed E-state index contributed by atoms with van der Waals surface area (Å²) in [5.41, 5.74) is 1.99. The van der Waals surface area contributed by atoms with Crippen LogP contribution in [0.5, 0.6) is 5.75 Å². The number of aryl methyl sites for hydroxylation is 2. The Labute approximate surface area is 150 Å². The van der Waals surface area contributed by atoms with Crippen LogP contribution in [0, 0.1) is 13.8 Å². The lowest BCUT2D eigenvalue weighted by molar-refractivity contribution is 0.00578. The molecule has 8 heteroatoms. The molecule has 1 fully saturated rings. The SMILES string of the molecule is Cc1cc(B2OC(C)(C)C(C)(C)O2)cc(C)c1OCCCS(=O)(=O)O. The normalized spacial score (nSPS) is 19.2. The van der Waals surface area contributed by atoms with Gasteiger partial charge in [0.15, 0.2) is 0 Å². The van der Waals surface area contributed by atoms with Crippen molar-refractivity contribution in [1.29, 1.82) is 0 Å². The summed E-state index contributed by atoms with van der Waals surface area (Å²) in [6, 6.07) is 3.93. The van der Waals surface area contributed by atoms with Crippen LogP contribution in [0.3, 0.4) is 0 Å². The Morgan fingerprint density at radius 2 is 1.56 bits per heavy atom. The van der Waals surface area contributed by atoms with Gasteiger partial charge in [0.25, 0.3) is 10.1 Å². The van der Waals surface area contributed by atoms with Crippen LogP contribution in [0.15, 0.2) is 12.1 Å². The minimum absolute atomic E-state index is 0.220. The first-order chi connectivity index (χ1) is 11.3. The molecule has 0 bridgehead atoms. The molecule has 0 aliphatic carbocycles. The molecule has 140 valence electrons. The molecule has 0 aromatic heterocycles. The summed E-state index contributed by atoms with van der Waals surface area (Å²) in [6.45, 7) is 12.1. The predicted molar refractivity (Wildman–Crippen MR) is 98.2 cm³/mol. The molecule has 1 aliphatic rings. The Kier molecular flexibility index (Phi) is 5.59. The molecule has 1 aliphatic heterocycles. The van der Waals surface area contributed by atoms with Gasteiger partial charge in [-0.15, -0.1) is 0 Å². The maximum absolute atomic E-state index is 10.7. The summed E-state index contributed by atoms with van der Waals surface area (Å²) < 4.78 is 48.1. The van der Waals surface area contributed by atoms with Crippen LogP contribution in [0.25, 0.3) is 0 Å². The minimum atomic E-state index is -3.95. The molecular weight excluding hydrogens is 343 g/mol. The lowest BCUT2D eigenvalue weighted by atomic mass is 9.77. The van der Waals surface area contributed by atoms with Crippen LogP contribution in [0.2, 0.25) is 0 Å². The van der Waals surface area contributed by atoms with E-state index < -0.39 is 28.4 Å². The molecule has 1 N–H and O–H groups in total. The second-order valence-electron chi connectivity index (χ2n) is 7.56. The van der Waals surface area contributed by atoms with Gasteiger partial charge >= 0.3 is 7.12 Å². The Morgan fingerprint density at radius 3 is 2.00 bits per heavy atom. The molecule has 1 aromatic carbocycles. The standard InChI is InChI=1S/C17H27BO6S/c1-12-10-14(18-23-16(3,4)17(5,6)24-18)11-13(2)15(12)22-8-7-9-25(19,20)21/h10-11H,7-9H2,1-6H3,(H,19,20,21). The first kappa shape index (κ1) is 20.2. The van der Waals surface area contributed by atoms with Gasteiger partial charge in [-0.25, -0.2) is 0 Å². The minimum Gasteiger partial charge on any atom is -0.493 e. The molecule has 0 radical (unpaired) electrons. The van der Waals surface area contributed by atoms with Crippen molar-refractivity contribution < 1.29 is 27.0 Å². The zero-order valence-electron chi connectivity index (χ0n) is 15.8. The zero-order valence-corrected chi connectivity index (χ0v) is 16.6. The second-order valence-corrected chi connectivity index (χ2v) is 9.13. The van der Waals surface area contributed by atoms with Crippen molar-refractivity contribution in [2.75, 3.05) is 12.4 Å². The molecule has 0 unspecified atom stereocenters. The lowest BCUT2D eigenvalue weighted by Crippen LogP contribution is -2.41. The van der Waals surface area contributed by atoms with E-state index in [2.05, 4.69) is 0 Å². The smallest absolute Gasteiger partial charge is 0.493 e. The predicted octanol–water partition coefficient (Wildman–Crippen LogP) is 2.26. The van der Waals surface area contributed by atoms with E-state index in [-0.39, 0.29) is 18.8 Å². The molecule has 1 heterocycles. The van der Waals surface area contributed by atoms with Gasteiger partial charge in [0.1, 0.15) is 5.75 Å². The highest BCUT2D eigenvalue weighted by atomic mass is 32.2. The number of hydrogen-bond acceptors (Lipinski definition) is 5. The van der Waals surface area contributed by atoms with E-state index in [0.29, 0.717) is 0 Å². The van der Waals surface area contributed by atoms with Crippen LogP contribution in [-0.2, 0) is 19.4 Å².